The van der Waals surface area contributed by atoms with Gasteiger partial charge in [0.15, 0.2) is 5.82 Å². The molecule has 4 rings (SSSR count). The fraction of sp³-hybridized carbons (Fsp3) is 0.895. The van der Waals surface area contributed by atoms with E-state index >= 15 is 0 Å². The van der Waals surface area contributed by atoms with E-state index in [9.17, 15) is 4.79 Å². The highest BCUT2D eigenvalue weighted by molar-refractivity contribution is 7.99. The van der Waals surface area contributed by atoms with Crippen molar-refractivity contribution in [1.29, 1.82) is 0 Å². The molecule has 4 heterocycles. The topological polar surface area (TPSA) is 79.6 Å². The molecule has 0 aromatic carbocycles. The number of hydrogen-bond donors (Lipinski definition) is 0. The average molecular weight is 424 g/mol. The SMILES string of the molecule is C[C@@H]1CN(Cc2nnnn2CC(=O)N2CCC(N3CCSCC3)CC2)C[C@H](C)O1. The van der Waals surface area contributed by atoms with E-state index in [0.29, 0.717) is 12.6 Å². The van der Waals surface area contributed by atoms with Crippen LogP contribution in [0, 0.1) is 0 Å². The van der Waals surface area contributed by atoms with Crippen molar-refractivity contribution in [2.45, 2.75) is 58.0 Å². The van der Waals surface area contributed by atoms with Gasteiger partial charge in [0.2, 0.25) is 5.91 Å². The maximum absolute atomic E-state index is 12.9. The Morgan fingerprint density at radius 3 is 2.48 bits per heavy atom. The van der Waals surface area contributed by atoms with Gasteiger partial charge in [0.25, 0.3) is 0 Å². The van der Waals surface area contributed by atoms with E-state index in [-0.39, 0.29) is 24.7 Å². The Hall–Kier alpha value is -1.23. The molecule has 0 saturated carbocycles. The van der Waals surface area contributed by atoms with Gasteiger partial charge in [-0.05, 0) is 37.1 Å². The summed E-state index contributed by atoms with van der Waals surface area (Å²) >= 11 is 2.05. The van der Waals surface area contributed by atoms with E-state index in [1.165, 1.54) is 24.6 Å². The van der Waals surface area contributed by atoms with Crippen LogP contribution in [0.25, 0.3) is 0 Å². The first-order valence-electron chi connectivity index (χ1n) is 10.8. The van der Waals surface area contributed by atoms with Crippen molar-refractivity contribution in [1.82, 2.24) is 34.9 Å². The van der Waals surface area contributed by atoms with Crippen LogP contribution in [0.15, 0.2) is 0 Å². The van der Waals surface area contributed by atoms with Gasteiger partial charge in [-0.2, -0.15) is 11.8 Å². The summed E-state index contributed by atoms with van der Waals surface area (Å²) in [6, 6.07) is 0.633. The summed E-state index contributed by atoms with van der Waals surface area (Å²) in [5.41, 5.74) is 0. The minimum absolute atomic E-state index is 0.120. The van der Waals surface area contributed by atoms with Crippen molar-refractivity contribution in [2.75, 3.05) is 50.8 Å². The fourth-order valence-electron chi connectivity index (χ4n) is 4.72. The summed E-state index contributed by atoms with van der Waals surface area (Å²) < 4.78 is 7.46. The van der Waals surface area contributed by atoms with E-state index in [4.69, 9.17) is 4.74 Å². The molecule has 1 aromatic heterocycles. The number of hydrogen-bond acceptors (Lipinski definition) is 8. The van der Waals surface area contributed by atoms with E-state index in [2.05, 4.69) is 39.2 Å². The summed E-state index contributed by atoms with van der Waals surface area (Å²) in [4.78, 5) is 19.8. The third kappa shape index (κ3) is 5.48. The lowest BCUT2D eigenvalue weighted by atomic mass is 10.0. The van der Waals surface area contributed by atoms with Crippen LogP contribution in [-0.2, 0) is 22.6 Å². The lowest BCUT2D eigenvalue weighted by molar-refractivity contribution is -0.133. The third-order valence-electron chi connectivity index (χ3n) is 6.13. The van der Waals surface area contributed by atoms with E-state index < -0.39 is 0 Å². The Labute approximate surface area is 177 Å². The molecule has 3 aliphatic heterocycles. The van der Waals surface area contributed by atoms with E-state index in [1.807, 2.05) is 16.7 Å². The van der Waals surface area contributed by atoms with Crippen LogP contribution in [-0.4, -0.2) is 110 Å². The van der Waals surface area contributed by atoms with Crippen molar-refractivity contribution in [2.24, 2.45) is 0 Å². The molecule has 3 saturated heterocycles. The maximum atomic E-state index is 12.9. The molecule has 0 aliphatic carbocycles. The molecular weight excluding hydrogens is 390 g/mol. The smallest absolute Gasteiger partial charge is 0.244 e. The molecule has 0 radical (unpaired) electrons. The average Bonchev–Trinajstić information content (AvgIpc) is 3.14. The van der Waals surface area contributed by atoms with Crippen LogP contribution in [0.1, 0.15) is 32.5 Å². The van der Waals surface area contributed by atoms with Crippen molar-refractivity contribution < 1.29 is 9.53 Å². The van der Waals surface area contributed by atoms with Gasteiger partial charge in [-0.25, -0.2) is 4.68 Å². The Morgan fingerprint density at radius 2 is 1.79 bits per heavy atom. The van der Waals surface area contributed by atoms with Gasteiger partial charge in [-0.1, -0.05) is 0 Å². The van der Waals surface area contributed by atoms with Gasteiger partial charge in [-0.15, -0.1) is 5.10 Å². The minimum Gasteiger partial charge on any atom is -0.373 e. The van der Waals surface area contributed by atoms with E-state index in [1.54, 1.807) is 4.68 Å². The maximum Gasteiger partial charge on any atom is 0.244 e. The van der Waals surface area contributed by atoms with Crippen LogP contribution in [0.4, 0.5) is 0 Å². The molecule has 29 heavy (non-hydrogen) atoms. The number of likely N-dealkylation sites (tertiary alicyclic amines) is 1. The number of amides is 1. The molecular formula is C19H33N7O2S. The summed E-state index contributed by atoms with van der Waals surface area (Å²) in [7, 11) is 0. The number of thioether (sulfide) groups is 1. The van der Waals surface area contributed by atoms with Gasteiger partial charge in [0.05, 0.1) is 18.8 Å². The number of piperidine rings is 1. The first kappa shape index (κ1) is 21.0. The predicted molar refractivity (Wildman–Crippen MR) is 112 cm³/mol. The summed E-state index contributed by atoms with van der Waals surface area (Å²) in [5, 5.41) is 12.1. The van der Waals surface area contributed by atoms with Crippen molar-refractivity contribution >= 4 is 17.7 Å². The highest BCUT2D eigenvalue weighted by Crippen LogP contribution is 2.21. The first-order valence-corrected chi connectivity index (χ1v) is 12.0. The first-order chi connectivity index (χ1) is 14.1. The largest absolute Gasteiger partial charge is 0.373 e. The van der Waals surface area contributed by atoms with Gasteiger partial charge >= 0.3 is 0 Å². The summed E-state index contributed by atoms with van der Waals surface area (Å²) in [6.45, 7) is 10.8. The number of nitrogens with zero attached hydrogens (tertiary/aromatic N) is 7. The predicted octanol–water partition coefficient (Wildman–Crippen LogP) is 0.322. The fourth-order valence-corrected chi connectivity index (χ4v) is 5.66. The molecule has 162 valence electrons. The van der Waals surface area contributed by atoms with Crippen LogP contribution >= 0.6 is 11.8 Å². The Balaban J connectivity index is 1.28. The molecule has 9 nitrogen and oxygen atoms in total. The van der Waals surface area contributed by atoms with Crippen molar-refractivity contribution in [3.05, 3.63) is 5.82 Å². The molecule has 10 heteroatoms. The zero-order valence-corrected chi connectivity index (χ0v) is 18.4. The molecule has 2 atom stereocenters. The number of ether oxygens (including phenoxy) is 1. The zero-order chi connectivity index (χ0) is 20.2. The molecule has 1 amide bonds. The Kier molecular flexibility index (Phi) is 7.04. The second-order valence-corrected chi connectivity index (χ2v) is 9.69. The number of tetrazole rings is 1. The molecule has 0 spiro atoms. The summed E-state index contributed by atoms with van der Waals surface area (Å²) in [5.74, 6) is 3.35. The minimum atomic E-state index is 0.120. The number of carbonyl (C=O) groups is 1. The van der Waals surface area contributed by atoms with Gasteiger partial charge in [0.1, 0.15) is 6.54 Å². The number of morpholine rings is 1. The monoisotopic (exact) mass is 423 g/mol. The molecule has 1 aromatic rings. The van der Waals surface area contributed by atoms with Gasteiger partial charge < -0.3 is 9.64 Å². The molecule has 3 aliphatic rings. The molecule has 0 bridgehead atoms. The summed E-state index contributed by atoms with van der Waals surface area (Å²) in [6.07, 6.45) is 2.54. The van der Waals surface area contributed by atoms with Crippen molar-refractivity contribution in [3.63, 3.8) is 0 Å². The lowest BCUT2D eigenvalue weighted by Gasteiger charge is -2.40. The van der Waals surface area contributed by atoms with Crippen LogP contribution in [0.5, 0.6) is 0 Å². The lowest BCUT2D eigenvalue weighted by Crippen LogP contribution is -2.49. The molecule has 0 N–H and O–H groups in total. The van der Waals surface area contributed by atoms with Gasteiger partial charge in [0, 0.05) is 56.8 Å². The zero-order valence-electron chi connectivity index (χ0n) is 17.6. The highest BCUT2D eigenvalue weighted by Gasteiger charge is 2.29. The van der Waals surface area contributed by atoms with Crippen LogP contribution in [0.2, 0.25) is 0 Å². The Bertz CT molecular complexity index is 663. The second kappa shape index (κ2) is 9.72. The number of aromatic nitrogens is 4. The molecule has 0 unspecified atom stereocenters. The standard InChI is InChI=1S/C19H33N7O2S/c1-15-11-23(12-16(2)28-15)13-18-20-21-22-26(18)14-19(27)25-5-3-17(4-6-25)24-7-9-29-10-8-24/h15-17H,3-14H2,1-2H3/t15-,16+. The normalized spacial score (nSPS) is 28.0. The van der Waals surface area contributed by atoms with Crippen molar-refractivity contribution in [3.8, 4) is 0 Å². The third-order valence-corrected chi connectivity index (χ3v) is 7.07. The van der Waals surface area contributed by atoms with Crippen LogP contribution in [0.3, 0.4) is 0 Å². The molecule has 3 fully saturated rings. The highest BCUT2D eigenvalue weighted by atomic mass is 32.2. The van der Waals surface area contributed by atoms with E-state index in [0.717, 1.165) is 44.8 Å². The van der Waals surface area contributed by atoms with Crippen LogP contribution < -0.4 is 0 Å². The second-order valence-electron chi connectivity index (χ2n) is 8.46. The Morgan fingerprint density at radius 1 is 1.10 bits per heavy atom. The number of carbonyl (C=O) groups excluding carboxylic acids is 1. The van der Waals surface area contributed by atoms with Gasteiger partial charge in [-0.3, -0.25) is 14.6 Å². The number of rotatable bonds is 5. The quantitative estimate of drug-likeness (QED) is 0.670.